The highest BCUT2D eigenvalue weighted by atomic mass is 16.8. The van der Waals surface area contributed by atoms with Crippen molar-refractivity contribution >= 4 is 5.97 Å². The van der Waals surface area contributed by atoms with E-state index in [-0.39, 0.29) is 34.8 Å². The van der Waals surface area contributed by atoms with Crippen molar-refractivity contribution in [1.29, 1.82) is 0 Å². The Labute approximate surface area is 547 Å². The van der Waals surface area contributed by atoms with E-state index >= 15 is 0 Å². The van der Waals surface area contributed by atoms with Gasteiger partial charge in [0.25, 0.3) is 0 Å². The number of carbonyl (C=O) groups excluding carboxylic acids is 1. The molecule has 3 unspecified atom stereocenters. The zero-order valence-electron chi connectivity index (χ0n) is 55.2. The summed E-state index contributed by atoms with van der Waals surface area (Å²) in [6.45, 7) is 16.7. The van der Waals surface area contributed by atoms with E-state index in [1.807, 2.05) is 13.8 Å². The quantitative estimate of drug-likeness (QED) is 0.0294. The Balaban J connectivity index is 0.906. The van der Waals surface area contributed by atoms with Gasteiger partial charge in [0, 0.05) is 11.0 Å². The smallest absolute Gasteiger partial charge is 0.333 e. The lowest BCUT2D eigenvalue weighted by Crippen LogP contribution is -2.69. The molecule has 10 rings (SSSR count). The van der Waals surface area contributed by atoms with Gasteiger partial charge in [0.1, 0.15) is 110 Å². The van der Waals surface area contributed by atoms with E-state index in [9.17, 15) is 91.6 Å². The van der Waals surface area contributed by atoms with E-state index in [1.165, 1.54) is 19.9 Å². The lowest BCUT2D eigenvalue weighted by Gasteiger charge is -2.72. The van der Waals surface area contributed by atoms with Gasteiger partial charge in [-0.1, -0.05) is 66.2 Å². The number of rotatable bonds is 17. The van der Waals surface area contributed by atoms with Gasteiger partial charge in [-0.25, -0.2) is 4.79 Å². The summed E-state index contributed by atoms with van der Waals surface area (Å²) in [5.74, 6) is -1.09. The molecule has 0 aromatic rings. The lowest BCUT2D eigenvalue weighted by atomic mass is 9.33. The van der Waals surface area contributed by atoms with Crippen LogP contribution in [0.5, 0.6) is 0 Å². The van der Waals surface area contributed by atoms with Crippen LogP contribution in [-0.4, -0.2) is 298 Å². The number of ether oxygens (including phenoxy) is 11. The third kappa shape index (κ3) is 12.8. The molecule has 0 amide bonds. The third-order valence-electron chi connectivity index (χ3n) is 24.8. The first-order valence-corrected chi connectivity index (χ1v) is 33.4. The standard InChI is InChI=1S/C65H106O29/c1-11-26(2)54(83)93-51-46(77)41(72)33(24-85-56-48(79)44(75)39(70)31(22-67)89-56)91-59(51)92-36-15-16-62(8)34(61(36,6)7)14-17-64(10)35(62)13-12-28-29-20-60(4,5)52(81)53(82)65(29,19-18-63(28,64)9)25-86-58-50(94-57-49(80)42(73)37(68)27(3)87-57)45(76)40(71)32(90-58)23-84-55-47(78)43(74)38(69)30(21-66)88-55/h11-12,27,29-53,55-59,66-82H,13-25H2,1-10H3/b26-11+/t27-,29?,30+,31+,32+,33+,34?,35?,36-,37+,38+,39+,40+,41+,42+,43+,44-,45+,46+,47-,48+,49+,50-,51+,52-,53-,55+,56-,57-,58+,59-,62-,63+,64+,65-/m0/s1. The number of allylic oxidation sites excluding steroid dienone is 3. The Kier molecular flexibility index (Phi) is 22.2. The van der Waals surface area contributed by atoms with Crippen molar-refractivity contribution in [2.45, 2.75) is 292 Å². The maximum Gasteiger partial charge on any atom is 0.333 e. The first-order chi connectivity index (χ1) is 44.0. The second-order valence-electron chi connectivity index (χ2n) is 30.7. The molecule has 10 aliphatic rings. The summed E-state index contributed by atoms with van der Waals surface area (Å²) in [5.41, 5.74) is -2.51. The van der Waals surface area contributed by atoms with Gasteiger partial charge in [-0.05, 0) is 117 Å². The molecular weight excluding hydrogens is 1240 g/mol. The summed E-state index contributed by atoms with van der Waals surface area (Å²) in [6.07, 6.45) is -35.6. The largest absolute Gasteiger partial charge is 0.451 e. The van der Waals surface area contributed by atoms with E-state index in [2.05, 4.69) is 40.7 Å². The van der Waals surface area contributed by atoms with Crippen molar-refractivity contribution in [2.24, 2.45) is 50.2 Å². The Hall–Kier alpha value is -2.13. The van der Waals surface area contributed by atoms with Gasteiger partial charge in [-0.2, -0.15) is 0 Å². The van der Waals surface area contributed by atoms with Gasteiger partial charge in [0.2, 0.25) is 0 Å². The highest BCUT2D eigenvalue weighted by molar-refractivity contribution is 5.87. The summed E-state index contributed by atoms with van der Waals surface area (Å²) in [7, 11) is 0. The van der Waals surface area contributed by atoms with Crippen LogP contribution in [0.2, 0.25) is 0 Å². The van der Waals surface area contributed by atoms with Crippen molar-refractivity contribution < 1.29 is 144 Å². The average Bonchev–Trinajstić information content (AvgIpc) is 0.674. The van der Waals surface area contributed by atoms with Crippen LogP contribution < -0.4 is 0 Å². The van der Waals surface area contributed by atoms with Gasteiger partial charge >= 0.3 is 5.97 Å². The molecule has 0 aromatic carbocycles. The van der Waals surface area contributed by atoms with Crippen LogP contribution in [0.4, 0.5) is 0 Å². The minimum Gasteiger partial charge on any atom is -0.451 e. The highest BCUT2D eigenvalue weighted by Gasteiger charge is 2.71. The molecule has 4 saturated carbocycles. The lowest BCUT2D eigenvalue weighted by molar-refractivity contribution is -0.374. The topological polar surface area (TPSA) is 463 Å². The number of carbonyl (C=O) groups is 1. The zero-order valence-corrected chi connectivity index (χ0v) is 55.2. The maximum atomic E-state index is 13.4. The molecule has 0 bridgehead atoms. The fourth-order valence-corrected chi connectivity index (χ4v) is 18.4. The van der Waals surface area contributed by atoms with E-state index in [0.717, 1.165) is 18.4 Å². The summed E-state index contributed by atoms with van der Waals surface area (Å²) in [5, 5.41) is 187. The van der Waals surface area contributed by atoms with Crippen LogP contribution in [0.3, 0.4) is 0 Å². The van der Waals surface area contributed by atoms with E-state index in [1.54, 1.807) is 6.92 Å². The number of aliphatic hydroxyl groups excluding tert-OH is 17. The predicted molar refractivity (Wildman–Crippen MR) is 320 cm³/mol. The molecule has 29 nitrogen and oxygen atoms in total. The molecule has 0 radical (unpaired) electrons. The summed E-state index contributed by atoms with van der Waals surface area (Å²) < 4.78 is 66.9. The molecule has 5 aliphatic heterocycles. The Morgan fingerprint density at radius 1 is 0.543 bits per heavy atom. The van der Waals surface area contributed by atoms with Crippen molar-refractivity contribution in [2.75, 3.05) is 33.0 Å². The molecule has 94 heavy (non-hydrogen) atoms. The van der Waals surface area contributed by atoms with Crippen molar-refractivity contribution in [3.63, 3.8) is 0 Å². The minimum atomic E-state index is -1.92. The summed E-state index contributed by atoms with van der Waals surface area (Å²) >= 11 is 0. The molecule has 17 N–H and O–H groups in total. The van der Waals surface area contributed by atoms with Gasteiger partial charge in [-0.3, -0.25) is 0 Å². The van der Waals surface area contributed by atoms with Crippen LogP contribution in [0.25, 0.3) is 0 Å². The van der Waals surface area contributed by atoms with Crippen molar-refractivity contribution in [3.05, 3.63) is 23.3 Å². The number of hydrogen-bond acceptors (Lipinski definition) is 29. The number of hydrogen-bond donors (Lipinski definition) is 17. The molecular formula is C65H106O29. The third-order valence-corrected chi connectivity index (χ3v) is 24.8. The zero-order chi connectivity index (χ0) is 69.0. The van der Waals surface area contributed by atoms with Crippen LogP contribution in [0.15, 0.2) is 23.3 Å². The fourth-order valence-electron chi connectivity index (χ4n) is 18.4. The second-order valence-corrected chi connectivity index (χ2v) is 30.7. The molecule has 0 aromatic heterocycles. The second kappa shape index (κ2) is 28.0. The molecule has 9 fully saturated rings. The molecule has 35 atom stereocenters. The number of esters is 1. The Bertz CT molecular complexity index is 2660. The summed E-state index contributed by atoms with van der Waals surface area (Å²) in [6, 6.07) is 0. The highest BCUT2D eigenvalue weighted by Crippen LogP contribution is 2.76. The average molecular weight is 1350 g/mol. The Morgan fingerprint density at radius 3 is 1.63 bits per heavy atom. The van der Waals surface area contributed by atoms with E-state index in [4.69, 9.17) is 52.1 Å². The number of fused-ring (bicyclic) bond motifs is 7. The van der Waals surface area contributed by atoms with Crippen LogP contribution >= 0.6 is 0 Å². The molecule has 29 heteroatoms. The molecule has 0 spiro atoms. The fraction of sp³-hybridized carbons (Fsp3) is 0.923. The van der Waals surface area contributed by atoms with Crippen LogP contribution in [0.1, 0.15) is 121 Å². The van der Waals surface area contributed by atoms with Crippen molar-refractivity contribution in [3.8, 4) is 0 Å². The normalized spacial score (nSPS) is 52.7. The summed E-state index contributed by atoms with van der Waals surface area (Å²) in [4.78, 5) is 13.4. The van der Waals surface area contributed by atoms with Gasteiger partial charge in [0.05, 0.1) is 57.5 Å². The van der Waals surface area contributed by atoms with E-state index < -0.39 is 232 Å². The van der Waals surface area contributed by atoms with Gasteiger partial charge < -0.3 is 139 Å². The predicted octanol–water partition coefficient (Wildman–Crippen LogP) is -3.25. The SMILES string of the molecule is C/C=C(\C)C(=O)O[C@H]1[C@H](O[C@H]2CC[C@@]3(C)C(CC[C@]4(C)C3CC=C3C5CC(C)(C)[C@@H](O)[C@H](O)[C@]5(CO[C@@H]5O[C@H](CO[C@@H]6O[C@H](CO)[C@@H](O)[C@@H](O)[C@@H]6O)[C@@H](O)[C@@H](O)[C@@H]5O[C@@H]5O[C@@H](C)[C@@H](O)[C@@H](O)[C@H]5O)CC[C@]34C)C2(C)C)O[C@H](CO[C@H]2O[C@H](CO)[C@@H](O)[C@H](O)[C@H]2O)[C@@H](O)[C@H]1O. The molecule has 5 heterocycles. The minimum absolute atomic E-state index is 0.0235. The number of aliphatic hydroxyl groups is 17. The van der Waals surface area contributed by atoms with Gasteiger partial charge in [0.15, 0.2) is 37.6 Å². The first kappa shape index (κ1) is 74.6. The monoisotopic (exact) mass is 1350 g/mol. The first-order valence-electron chi connectivity index (χ1n) is 33.4. The van der Waals surface area contributed by atoms with E-state index in [0.29, 0.717) is 38.5 Å². The molecule has 5 saturated heterocycles. The van der Waals surface area contributed by atoms with Crippen LogP contribution in [-0.2, 0) is 56.9 Å². The molecule has 540 valence electrons. The Morgan fingerprint density at radius 2 is 1.06 bits per heavy atom. The van der Waals surface area contributed by atoms with Crippen molar-refractivity contribution in [1.82, 2.24) is 0 Å². The van der Waals surface area contributed by atoms with Crippen LogP contribution in [0, 0.1) is 50.2 Å². The van der Waals surface area contributed by atoms with Gasteiger partial charge in [-0.15, -0.1) is 0 Å². The maximum absolute atomic E-state index is 13.4. The molecule has 5 aliphatic carbocycles.